The Morgan fingerprint density at radius 2 is 1.64 bits per heavy atom. The Bertz CT molecular complexity index is 1790. The van der Waals surface area contributed by atoms with Crippen LogP contribution in [0, 0.1) is 5.82 Å². The Kier molecular flexibility index (Phi) is 5.38. The van der Waals surface area contributed by atoms with Gasteiger partial charge in [-0.2, -0.15) is 14.6 Å². The maximum Gasteiger partial charge on any atom is 0.291 e. The van der Waals surface area contributed by atoms with Gasteiger partial charge in [-0.25, -0.2) is 9.07 Å². The maximum atomic E-state index is 13.6. The zero-order valence-electron chi connectivity index (χ0n) is 19.0. The third kappa shape index (κ3) is 3.95. The molecule has 0 radical (unpaired) electrons. The van der Waals surface area contributed by atoms with Crippen molar-refractivity contribution in [2.45, 2.75) is 0 Å². The summed E-state index contributed by atoms with van der Waals surface area (Å²) in [7, 11) is 1.60. The number of thiazole rings is 1. The van der Waals surface area contributed by atoms with E-state index in [1.807, 2.05) is 60.8 Å². The number of hydrogen-bond acceptors (Lipinski definition) is 6. The molecule has 9 heteroatoms. The normalized spacial score (nSPS) is 11.9. The van der Waals surface area contributed by atoms with E-state index in [4.69, 9.17) is 9.84 Å². The van der Waals surface area contributed by atoms with Crippen molar-refractivity contribution < 1.29 is 9.13 Å². The van der Waals surface area contributed by atoms with Gasteiger partial charge in [-0.3, -0.25) is 4.79 Å². The number of fused-ring (bicyclic) bond motifs is 1. The molecule has 7 nitrogen and oxygen atoms in total. The number of ether oxygens (including phenoxy) is 1. The number of para-hydroxylation sites is 1. The summed E-state index contributed by atoms with van der Waals surface area (Å²) in [5.74, 6) is 0.873. The van der Waals surface area contributed by atoms with Crippen LogP contribution in [0.4, 0.5) is 4.39 Å². The quantitative estimate of drug-likeness (QED) is 0.355. The molecule has 0 saturated carbocycles. The summed E-state index contributed by atoms with van der Waals surface area (Å²) < 4.78 is 22.3. The van der Waals surface area contributed by atoms with Crippen LogP contribution in [0.2, 0.25) is 0 Å². The highest BCUT2D eigenvalue weighted by atomic mass is 32.1. The molecule has 0 spiro atoms. The SMILES string of the molecule is COc1ccc(-c2nc3sc(=Cc4cn(-c5ccccc5)nc4-c4ccc(F)cc4)c(=O)n3n2)cc1. The summed E-state index contributed by atoms with van der Waals surface area (Å²) >= 11 is 1.25. The highest BCUT2D eigenvalue weighted by Crippen LogP contribution is 2.25. The van der Waals surface area contributed by atoms with E-state index in [2.05, 4.69) is 10.1 Å². The van der Waals surface area contributed by atoms with Gasteiger partial charge in [-0.15, -0.1) is 5.10 Å². The summed E-state index contributed by atoms with van der Waals surface area (Å²) in [4.78, 5) is 18.2. The van der Waals surface area contributed by atoms with Crippen LogP contribution in [0.25, 0.3) is 39.4 Å². The molecule has 3 aromatic carbocycles. The van der Waals surface area contributed by atoms with Crippen molar-refractivity contribution in [3.8, 4) is 34.1 Å². The number of aromatic nitrogens is 5. The van der Waals surface area contributed by atoms with Crippen LogP contribution in [0.1, 0.15) is 5.56 Å². The summed E-state index contributed by atoms with van der Waals surface area (Å²) in [6.45, 7) is 0. The van der Waals surface area contributed by atoms with Crippen molar-refractivity contribution in [3.05, 3.63) is 111 Å². The second-order valence-corrected chi connectivity index (χ2v) is 9.00. The molecule has 0 bridgehead atoms. The molecule has 0 saturated heterocycles. The molecule has 3 heterocycles. The van der Waals surface area contributed by atoms with Gasteiger partial charge in [0.05, 0.1) is 17.3 Å². The third-order valence-corrected chi connectivity index (χ3v) is 6.66. The van der Waals surface area contributed by atoms with Gasteiger partial charge in [0.2, 0.25) is 4.96 Å². The Hall–Kier alpha value is -4.63. The highest BCUT2D eigenvalue weighted by Gasteiger charge is 2.15. The Labute approximate surface area is 208 Å². The predicted molar refractivity (Wildman–Crippen MR) is 137 cm³/mol. The van der Waals surface area contributed by atoms with Crippen molar-refractivity contribution >= 4 is 22.4 Å². The molecule has 0 amide bonds. The first-order valence-electron chi connectivity index (χ1n) is 11.1. The summed E-state index contributed by atoms with van der Waals surface area (Å²) in [6, 6.07) is 23.1. The molecule has 176 valence electrons. The average Bonchev–Trinajstić information content (AvgIpc) is 3.60. The Morgan fingerprint density at radius 1 is 0.917 bits per heavy atom. The Morgan fingerprint density at radius 3 is 2.33 bits per heavy atom. The van der Waals surface area contributed by atoms with E-state index < -0.39 is 0 Å². The summed E-state index contributed by atoms with van der Waals surface area (Å²) in [6.07, 6.45) is 3.63. The molecular formula is C27H18FN5O2S. The molecular weight excluding hydrogens is 477 g/mol. The molecule has 0 aliphatic carbocycles. The Balaban J connectivity index is 1.46. The number of methoxy groups -OCH3 is 1. The van der Waals surface area contributed by atoms with E-state index in [9.17, 15) is 9.18 Å². The van der Waals surface area contributed by atoms with Crippen LogP contribution in [-0.2, 0) is 0 Å². The van der Waals surface area contributed by atoms with Crippen molar-refractivity contribution in [2.24, 2.45) is 0 Å². The second kappa shape index (κ2) is 8.86. The van der Waals surface area contributed by atoms with E-state index in [0.29, 0.717) is 21.0 Å². The van der Waals surface area contributed by atoms with Crippen molar-refractivity contribution in [1.82, 2.24) is 24.4 Å². The zero-order valence-corrected chi connectivity index (χ0v) is 19.8. The molecule has 6 rings (SSSR count). The fourth-order valence-corrected chi connectivity index (χ4v) is 4.77. The van der Waals surface area contributed by atoms with E-state index in [1.165, 1.54) is 28.0 Å². The van der Waals surface area contributed by atoms with E-state index >= 15 is 0 Å². The van der Waals surface area contributed by atoms with Gasteiger partial charge in [0.1, 0.15) is 17.3 Å². The lowest BCUT2D eigenvalue weighted by molar-refractivity contribution is 0.415. The standard InChI is InChI=1S/C27H18FN5O2S/c1-35-22-13-9-18(10-14-22)25-29-27-33(31-25)26(34)23(36-27)15-19-16-32(21-5-3-2-4-6-21)30-24(19)17-7-11-20(28)12-8-17/h2-16H,1H3. The fourth-order valence-electron chi connectivity index (χ4n) is 3.88. The smallest absolute Gasteiger partial charge is 0.291 e. The first-order valence-corrected chi connectivity index (χ1v) is 11.9. The van der Waals surface area contributed by atoms with Crippen LogP contribution >= 0.6 is 11.3 Å². The molecule has 6 aromatic rings. The number of halogens is 1. The van der Waals surface area contributed by atoms with Crippen LogP contribution in [-0.4, -0.2) is 31.5 Å². The van der Waals surface area contributed by atoms with Crippen LogP contribution in [0.3, 0.4) is 0 Å². The monoisotopic (exact) mass is 495 g/mol. The van der Waals surface area contributed by atoms with Gasteiger partial charge in [-0.1, -0.05) is 29.5 Å². The van der Waals surface area contributed by atoms with Gasteiger partial charge in [-0.05, 0) is 66.7 Å². The molecule has 0 unspecified atom stereocenters. The summed E-state index contributed by atoms with van der Waals surface area (Å²) in [5.41, 5.74) is 3.50. The molecule has 0 fully saturated rings. The molecule has 0 aliphatic rings. The predicted octanol–water partition coefficient (Wildman–Crippen LogP) is 4.37. The highest BCUT2D eigenvalue weighted by molar-refractivity contribution is 7.15. The van der Waals surface area contributed by atoms with Crippen LogP contribution < -0.4 is 14.8 Å². The van der Waals surface area contributed by atoms with Crippen LogP contribution in [0.5, 0.6) is 5.75 Å². The minimum atomic E-state index is -0.327. The minimum absolute atomic E-state index is 0.264. The lowest BCUT2D eigenvalue weighted by Crippen LogP contribution is -2.23. The van der Waals surface area contributed by atoms with Gasteiger partial charge < -0.3 is 4.74 Å². The van der Waals surface area contributed by atoms with E-state index in [-0.39, 0.29) is 11.4 Å². The lowest BCUT2D eigenvalue weighted by atomic mass is 10.1. The van der Waals surface area contributed by atoms with Crippen molar-refractivity contribution in [2.75, 3.05) is 7.11 Å². The number of benzene rings is 3. The molecule has 0 N–H and O–H groups in total. The van der Waals surface area contributed by atoms with Gasteiger partial charge >= 0.3 is 0 Å². The maximum absolute atomic E-state index is 13.6. The molecule has 0 aliphatic heterocycles. The van der Waals surface area contributed by atoms with Crippen molar-refractivity contribution in [1.29, 1.82) is 0 Å². The second-order valence-electron chi connectivity index (χ2n) is 7.99. The van der Waals surface area contributed by atoms with Gasteiger partial charge in [0, 0.05) is 22.9 Å². The molecule has 3 aromatic heterocycles. The number of hydrogen-bond donors (Lipinski definition) is 0. The summed E-state index contributed by atoms with van der Waals surface area (Å²) in [5, 5.41) is 9.16. The fraction of sp³-hybridized carbons (Fsp3) is 0.0370. The number of nitrogens with zero attached hydrogens (tertiary/aromatic N) is 5. The topological polar surface area (TPSA) is 74.3 Å². The molecule has 36 heavy (non-hydrogen) atoms. The molecule has 0 atom stereocenters. The number of rotatable bonds is 5. The largest absolute Gasteiger partial charge is 0.497 e. The van der Waals surface area contributed by atoms with Gasteiger partial charge in [0.25, 0.3) is 5.56 Å². The minimum Gasteiger partial charge on any atom is -0.497 e. The average molecular weight is 496 g/mol. The van der Waals surface area contributed by atoms with E-state index in [0.717, 1.165) is 28.1 Å². The van der Waals surface area contributed by atoms with E-state index in [1.54, 1.807) is 30.0 Å². The van der Waals surface area contributed by atoms with Gasteiger partial charge in [0.15, 0.2) is 5.82 Å². The lowest BCUT2D eigenvalue weighted by Gasteiger charge is -2.00. The first-order chi connectivity index (χ1) is 17.6. The third-order valence-electron chi connectivity index (χ3n) is 5.70. The van der Waals surface area contributed by atoms with Crippen LogP contribution in [0.15, 0.2) is 89.9 Å². The van der Waals surface area contributed by atoms with Crippen molar-refractivity contribution in [3.63, 3.8) is 0 Å². The zero-order chi connectivity index (χ0) is 24.6. The first kappa shape index (κ1) is 21.9.